The number of aryl methyl sites for hydroxylation is 1. The number of likely N-dealkylation sites (N-methyl/N-ethyl adjacent to an activating group) is 2. The zero-order valence-corrected chi connectivity index (χ0v) is 16.0. The highest BCUT2D eigenvalue weighted by Crippen LogP contribution is 2.16. The Kier molecular flexibility index (Phi) is 6.93. The van der Waals surface area contributed by atoms with E-state index >= 15 is 0 Å². The monoisotopic (exact) mass is 365 g/mol. The van der Waals surface area contributed by atoms with Gasteiger partial charge in [-0.15, -0.1) is 5.10 Å². The van der Waals surface area contributed by atoms with Crippen LogP contribution in [0, 0.1) is 0 Å². The average molecular weight is 365 g/mol. The Morgan fingerprint density at radius 3 is 2.85 bits per heavy atom. The van der Waals surface area contributed by atoms with Crippen molar-refractivity contribution in [3.8, 4) is 0 Å². The third-order valence-corrected chi connectivity index (χ3v) is 5.44. The Morgan fingerprint density at radius 2 is 2.08 bits per heavy atom. The fourth-order valence-corrected chi connectivity index (χ4v) is 3.65. The van der Waals surface area contributed by atoms with Crippen LogP contribution in [0.15, 0.2) is 0 Å². The highest BCUT2D eigenvalue weighted by molar-refractivity contribution is 5.75. The normalized spacial score (nSPS) is 22.5. The molecule has 3 heterocycles. The van der Waals surface area contributed by atoms with Gasteiger partial charge >= 0.3 is 0 Å². The molecule has 1 atom stereocenters. The van der Waals surface area contributed by atoms with Gasteiger partial charge in [0.05, 0.1) is 26.3 Å². The van der Waals surface area contributed by atoms with Crippen LogP contribution in [0.4, 0.5) is 0 Å². The van der Waals surface area contributed by atoms with Crippen molar-refractivity contribution < 1.29 is 9.53 Å². The van der Waals surface area contributed by atoms with E-state index in [2.05, 4.69) is 32.4 Å². The summed E-state index contributed by atoms with van der Waals surface area (Å²) in [5, 5.41) is 12.0. The second-order valence-corrected chi connectivity index (χ2v) is 7.36. The van der Waals surface area contributed by atoms with Crippen molar-refractivity contribution in [1.29, 1.82) is 0 Å². The molecule has 0 aliphatic carbocycles. The maximum atomic E-state index is 12.5. The molecule has 26 heavy (non-hydrogen) atoms. The minimum atomic E-state index is 0.150. The van der Waals surface area contributed by atoms with Crippen LogP contribution in [0.5, 0.6) is 0 Å². The maximum Gasteiger partial charge on any atom is 0.224 e. The molecule has 2 fully saturated rings. The Morgan fingerprint density at radius 1 is 1.27 bits per heavy atom. The molecule has 0 spiro atoms. The van der Waals surface area contributed by atoms with Gasteiger partial charge in [-0.2, -0.15) is 0 Å². The molecular weight excluding hydrogens is 334 g/mol. The van der Waals surface area contributed by atoms with Gasteiger partial charge in [0.25, 0.3) is 0 Å². The van der Waals surface area contributed by atoms with E-state index in [1.54, 1.807) is 4.68 Å². The number of carbonyl (C=O) groups is 1. The van der Waals surface area contributed by atoms with Crippen molar-refractivity contribution in [2.24, 2.45) is 0 Å². The highest BCUT2D eigenvalue weighted by atomic mass is 16.5. The van der Waals surface area contributed by atoms with E-state index in [4.69, 9.17) is 4.74 Å². The maximum absolute atomic E-state index is 12.5. The third kappa shape index (κ3) is 5.21. The number of piperidine rings is 1. The summed E-state index contributed by atoms with van der Waals surface area (Å²) >= 11 is 0. The van der Waals surface area contributed by atoms with Crippen molar-refractivity contribution >= 4 is 5.91 Å². The number of likely N-dealkylation sites (tertiary alicyclic amines) is 1. The van der Waals surface area contributed by atoms with Gasteiger partial charge in [0.2, 0.25) is 5.91 Å². The van der Waals surface area contributed by atoms with Crippen LogP contribution in [-0.2, 0) is 22.6 Å². The van der Waals surface area contributed by atoms with E-state index in [1.165, 1.54) is 19.3 Å². The van der Waals surface area contributed by atoms with Crippen molar-refractivity contribution in [2.45, 2.75) is 44.8 Å². The standard InChI is InChI=1S/C17H31N7O2/c1-21-7-4-3-5-15(21)13-22(2)17(25)6-8-24-16(18-19-20-24)14-23-9-11-26-12-10-23/h15H,3-14H2,1-2H3/t15-/m1/s1. The summed E-state index contributed by atoms with van der Waals surface area (Å²) in [5.74, 6) is 0.964. The summed E-state index contributed by atoms with van der Waals surface area (Å²) in [5.41, 5.74) is 0. The Hall–Kier alpha value is -1.58. The Labute approximate surface area is 155 Å². The Balaban J connectivity index is 1.46. The molecule has 2 saturated heterocycles. The smallest absolute Gasteiger partial charge is 0.224 e. The molecule has 0 radical (unpaired) electrons. The molecule has 146 valence electrons. The summed E-state index contributed by atoms with van der Waals surface area (Å²) in [7, 11) is 4.06. The number of ether oxygens (including phenoxy) is 1. The van der Waals surface area contributed by atoms with E-state index in [9.17, 15) is 4.79 Å². The second kappa shape index (κ2) is 9.38. The predicted molar refractivity (Wildman–Crippen MR) is 96.4 cm³/mol. The minimum Gasteiger partial charge on any atom is -0.379 e. The van der Waals surface area contributed by atoms with Crippen LogP contribution >= 0.6 is 0 Å². The molecule has 1 aromatic rings. The first-order valence-corrected chi connectivity index (χ1v) is 9.63. The fraction of sp³-hybridized carbons (Fsp3) is 0.882. The molecular formula is C17H31N7O2. The number of carbonyl (C=O) groups excluding carboxylic acids is 1. The highest BCUT2D eigenvalue weighted by Gasteiger charge is 2.22. The average Bonchev–Trinajstić information content (AvgIpc) is 3.09. The number of morpholine rings is 1. The van der Waals surface area contributed by atoms with Gasteiger partial charge in [-0.05, 0) is 36.9 Å². The molecule has 0 unspecified atom stereocenters. The van der Waals surface area contributed by atoms with Gasteiger partial charge < -0.3 is 14.5 Å². The van der Waals surface area contributed by atoms with Crippen LogP contribution in [0.3, 0.4) is 0 Å². The largest absolute Gasteiger partial charge is 0.379 e. The van der Waals surface area contributed by atoms with E-state index in [-0.39, 0.29) is 5.91 Å². The molecule has 0 saturated carbocycles. The summed E-state index contributed by atoms with van der Waals surface area (Å²) in [6.07, 6.45) is 4.11. The van der Waals surface area contributed by atoms with Gasteiger partial charge in [0.1, 0.15) is 0 Å². The first-order valence-electron chi connectivity index (χ1n) is 9.63. The molecule has 0 bridgehead atoms. The summed E-state index contributed by atoms with van der Waals surface area (Å²) in [4.78, 5) is 19.0. The summed E-state index contributed by atoms with van der Waals surface area (Å²) in [6.45, 7) is 6.44. The number of nitrogens with zero attached hydrogens (tertiary/aromatic N) is 7. The second-order valence-electron chi connectivity index (χ2n) is 7.36. The first-order chi connectivity index (χ1) is 12.6. The number of aromatic nitrogens is 4. The van der Waals surface area contributed by atoms with Crippen molar-refractivity contribution in [1.82, 2.24) is 34.9 Å². The van der Waals surface area contributed by atoms with E-state index in [0.29, 0.717) is 25.6 Å². The predicted octanol–water partition coefficient (Wildman–Crippen LogP) is -0.162. The molecule has 0 aromatic carbocycles. The topological polar surface area (TPSA) is 79.6 Å². The molecule has 3 rings (SSSR count). The van der Waals surface area contributed by atoms with Crippen LogP contribution < -0.4 is 0 Å². The number of amides is 1. The lowest BCUT2D eigenvalue weighted by Crippen LogP contribution is -2.45. The van der Waals surface area contributed by atoms with Gasteiger partial charge in [-0.1, -0.05) is 6.42 Å². The fourth-order valence-electron chi connectivity index (χ4n) is 3.65. The van der Waals surface area contributed by atoms with Crippen molar-refractivity contribution in [2.75, 3.05) is 53.5 Å². The summed E-state index contributed by atoms with van der Waals surface area (Å²) < 4.78 is 7.13. The minimum absolute atomic E-state index is 0.150. The SMILES string of the molecule is CN(C[C@H]1CCCCN1C)C(=O)CCn1nnnc1CN1CCOCC1. The lowest BCUT2D eigenvalue weighted by atomic mass is 10.0. The Bertz CT molecular complexity index is 573. The van der Waals surface area contributed by atoms with Gasteiger partial charge in [-0.25, -0.2) is 4.68 Å². The van der Waals surface area contributed by atoms with Gasteiger partial charge in [0.15, 0.2) is 5.82 Å². The zero-order valence-electron chi connectivity index (χ0n) is 16.0. The molecule has 2 aliphatic heterocycles. The van der Waals surface area contributed by atoms with Crippen molar-refractivity contribution in [3.05, 3.63) is 5.82 Å². The van der Waals surface area contributed by atoms with Gasteiger partial charge in [0, 0.05) is 39.1 Å². The zero-order chi connectivity index (χ0) is 18.4. The molecule has 2 aliphatic rings. The quantitative estimate of drug-likeness (QED) is 0.664. The third-order valence-electron chi connectivity index (χ3n) is 5.44. The molecule has 9 heteroatoms. The number of hydrogen-bond donors (Lipinski definition) is 0. The van der Waals surface area contributed by atoms with E-state index in [1.807, 2.05) is 11.9 Å². The van der Waals surface area contributed by atoms with Gasteiger partial charge in [-0.3, -0.25) is 9.69 Å². The molecule has 9 nitrogen and oxygen atoms in total. The van der Waals surface area contributed by atoms with E-state index < -0.39 is 0 Å². The lowest BCUT2D eigenvalue weighted by Gasteiger charge is -2.35. The molecule has 1 amide bonds. The van der Waals surface area contributed by atoms with Crippen LogP contribution in [0.25, 0.3) is 0 Å². The van der Waals surface area contributed by atoms with Crippen LogP contribution in [0.2, 0.25) is 0 Å². The van der Waals surface area contributed by atoms with Crippen molar-refractivity contribution in [3.63, 3.8) is 0 Å². The molecule has 1 aromatic heterocycles. The number of hydrogen-bond acceptors (Lipinski definition) is 7. The number of rotatable bonds is 7. The first kappa shape index (κ1) is 19.2. The summed E-state index contributed by atoms with van der Waals surface area (Å²) in [6, 6.07) is 0.475. The van der Waals surface area contributed by atoms with Crippen LogP contribution in [0.1, 0.15) is 31.5 Å². The van der Waals surface area contributed by atoms with Crippen LogP contribution in [-0.4, -0.2) is 100 Å². The lowest BCUT2D eigenvalue weighted by molar-refractivity contribution is -0.131. The number of tetrazole rings is 1. The van der Waals surface area contributed by atoms with E-state index in [0.717, 1.165) is 45.2 Å². The molecule has 0 N–H and O–H groups in total.